The molecule has 6 aromatic rings. The van der Waals surface area contributed by atoms with Crippen LogP contribution in [-0.2, 0) is 14.3 Å². The minimum Gasteiger partial charge on any atom is -0.507 e. The molecular formula is C56H67N11O7S. The summed E-state index contributed by atoms with van der Waals surface area (Å²) in [7, 11) is 0. The van der Waals surface area contributed by atoms with Gasteiger partial charge >= 0.3 is 0 Å². The molecule has 6 aliphatic rings. The van der Waals surface area contributed by atoms with Gasteiger partial charge in [-0.15, -0.1) is 21.5 Å². The number of thiazole rings is 1. The van der Waals surface area contributed by atoms with E-state index in [1.165, 1.54) is 4.90 Å². The number of aryl methyl sites for hydroxylation is 1. The average molecular weight is 1040 g/mol. The van der Waals surface area contributed by atoms with E-state index in [9.17, 15) is 19.8 Å². The maximum atomic E-state index is 14.4. The summed E-state index contributed by atoms with van der Waals surface area (Å²) in [6.07, 6.45) is 7.88. The molecule has 6 atom stereocenters. The monoisotopic (exact) mass is 1040 g/mol. The van der Waals surface area contributed by atoms with Crippen molar-refractivity contribution in [2.75, 3.05) is 53.2 Å². The standard InChI is InChI=1S/C56H67N11O7S/c1-32(2)52(56(71)67-30-40(68)23-47(67)55(70)60-33(3)35-12-14-36(15-13-35)53-34(4)59-31-75-53)49-27-50(63-74-49)64-20-17-41(18-21-64)72-42-24-43(25-42)73-51-22-37(16-19-58-51)65-28-39-9-7-8-38(65)29-66(39)46-26-45(61-62-54(46)57)44-10-5-6-11-48(44)69/h5-6,10-16,19,22,26-27,31-33,38-43,47,52,68-69H,7-9,17-18,20-21,23-25,28-30H2,1-4H3,(H2,57,62)(H,60,70)/t33-,38?,39?,40+,42-,43-,47-,52+/m0/s1. The number of piperazine rings is 1. The zero-order valence-electron chi connectivity index (χ0n) is 43.0. The first-order chi connectivity index (χ1) is 36.3. The number of nitrogens with two attached hydrogens (primary N) is 1. The summed E-state index contributed by atoms with van der Waals surface area (Å²) in [5.74, 6) is 0.903. The number of carbonyl (C=O) groups is 2. The number of hydrogen-bond acceptors (Lipinski definition) is 17. The van der Waals surface area contributed by atoms with Crippen LogP contribution < -0.4 is 30.5 Å². The molecule has 5 N–H and O–H groups in total. The molecule has 0 spiro atoms. The Hall–Kier alpha value is -6.83. The van der Waals surface area contributed by atoms with Gasteiger partial charge in [0, 0.05) is 93.7 Å². The summed E-state index contributed by atoms with van der Waals surface area (Å²) < 4.78 is 19.0. The van der Waals surface area contributed by atoms with Crippen molar-refractivity contribution in [3.05, 3.63) is 102 Å². The summed E-state index contributed by atoms with van der Waals surface area (Å²) in [5.41, 5.74) is 14.5. The largest absolute Gasteiger partial charge is 0.507 e. The highest BCUT2D eigenvalue weighted by atomic mass is 32.1. The van der Waals surface area contributed by atoms with E-state index in [0.717, 1.165) is 104 Å². The third-order valence-corrected chi connectivity index (χ3v) is 17.0. The van der Waals surface area contributed by atoms with Gasteiger partial charge in [0.05, 0.1) is 51.8 Å². The summed E-state index contributed by atoms with van der Waals surface area (Å²) >= 11 is 1.59. The Balaban J connectivity index is 0.646. The highest BCUT2D eigenvalue weighted by Gasteiger charge is 2.44. The Kier molecular flexibility index (Phi) is 14.4. The Morgan fingerprint density at radius 1 is 0.867 bits per heavy atom. The molecule has 2 bridgehead atoms. The van der Waals surface area contributed by atoms with Crippen molar-refractivity contribution in [3.63, 3.8) is 0 Å². The number of likely N-dealkylation sites (tertiary alicyclic amines) is 1. The first-order valence-electron chi connectivity index (χ1n) is 26.6. The molecule has 6 fully saturated rings. The van der Waals surface area contributed by atoms with E-state index in [2.05, 4.69) is 57.5 Å². The number of rotatable bonds is 15. The molecule has 12 rings (SSSR count). The quantitative estimate of drug-likeness (QED) is 0.0775. The second-order valence-corrected chi connectivity index (χ2v) is 22.2. The number of nitrogen functional groups attached to an aromatic ring is 1. The number of benzene rings is 2. The van der Waals surface area contributed by atoms with Crippen molar-refractivity contribution in [1.82, 2.24) is 35.5 Å². The lowest BCUT2D eigenvalue weighted by Gasteiger charge is -2.46. The Labute approximate surface area is 441 Å². The number of nitrogens with one attached hydrogen (secondary N) is 1. The first kappa shape index (κ1) is 50.3. The van der Waals surface area contributed by atoms with Crippen LogP contribution in [0.5, 0.6) is 11.6 Å². The maximum absolute atomic E-state index is 14.4. The van der Waals surface area contributed by atoms with Crippen LogP contribution in [-0.4, -0.2) is 128 Å². The van der Waals surface area contributed by atoms with E-state index in [-0.39, 0.29) is 72.9 Å². The van der Waals surface area contributed by atoms with Gasteiger partial charge in [-0.05, 0) is 87.3 Å². The summed E-state index contributed by atoms with van der Waals surface area (Å²) in [5, 5.41) is 37.5. The van der Waals surface area contributed by atoms with Crippen molar-refractivity contribution in [2.24, 2.45) is 5.92 Å². The van der Waals surface area contributed by atoms with Gasteiger partial charge in [-0.3, -0.25) is 9.59 Å². The number of para-hydroxylation sites is 1. The molecule has 2 aromatic carbocycles. The van der Waals surface area contributed by atoms with Gasteiger partial charge < -0.3 is 54.9 Å². The van der Waals surface area contributed by atoms with Gasteiger partial charge in [0.15, 0.2) is 17.4 Å². The zero-order chi connectivity index (χ0) is 51.9. The van der Waals surface area contributed by atoms with Crippen molar-refractivity contribution < 1.29 is 33.8 Å². The highest BCUT2D eigenvalue weighted by Crippen LogP contribution is 2.40. The van der Waals surface area contributed by atoms with Crippen molar-refractivity contribution in [3.8, 4) is 33.3 Å². The van der Waals surface area contributed by atoms with Crippen LogP contribution in [0.15, 0.2) is 89.0 Å². The number of hydrogen-bond donors (Lipinski definition) is 4. The molecule has 18 nitrogen and oxygen atoms in total. The van der Waals surface area contributed by atoms with Crippen LogP contribution in [0.3, 0.4) is 0 Å². The lowest BCUT2D eigenvalue weighted by molar-refractivity contribution is -0.141. The van der Waals surface area contributed by atoms with Crippen LogP contribution in [0.25, 0.3) is 21.7 Å². The van der Waals surface area contributed by atoms with Crippen LogP contribution in [0.1, 0.15) is 101 Å². The number of piperidine rings is 1. The fraction of sp³-hybridized carbons (Fsp3) is 0.482. The second-order valence-electron chi connectivity index (χ2n) is 21.4. The predicted octanol–water partition coefficient (Wildman–Crippen LogP) is 7.67. The molecule has 2 amide bonds. The van der Waals surface area contributed by atoms with E-state index < -0.39 is 18.1 Å². The highest BCUT2D eigenvalue weighted by molar-refractivity contribution is 7.13. The molecule has 1 aliphatic carbocycles. The molecule has 394 valence electrons. The molecule has 2 unspecified atom stereocenters. The smallest absolute Gasteiger partial charge is 0.243 e. The summed E-state index contributed by atoms with van der Waals surface area (Å²) in [4.78, 5) is 46.9. The van der Waals surface area contributed by atoms with E-state index in [4.69, 9.17) is 19.7 Å². The van der Waals surface area contributed by atoms with Crippen LogP contribution in [0.4, 0.5) is 23.0 Å². The predicted molar refractivity (Wildman–Crippen MR) is 287 cm³/mol. The Bertz CT molecular complexity index is 2970. The van der Waals surface area contributed by atoms with E-state index in [1.54, 1.807) is 23.5 Å². The molecule has 75 heavy (non-hydrogen) atoms. The van der Waals surface area contributed by atoms with E-state index in [0.29, 0.717) is 34.5 Å². The number of nitrogens with zero attached hydrogens (tertiary/aromatic N) is 9. The molecular weight excluding hydrogens is 971 g/mol. The number of carbonyl (C=O) groups excluding carboxylic acids is 2. The third-order valence-electron chi connectivity index (χ3n) is 16.0. The molecule has 19 heteroatoms. The molecule has 5 saturated heterocycles. The summed E-state index contributed by atoms with van der Waals surface area (Å²) in [6.45, 7) is 11.0. The number of β-amino-alcohol motifs (C(OH)–C–C–N with tert-alkyl or cyclic N) is 1. The molecule has 9 heterocycles. The van der Waals surface area contributed by atoms with Gasteiger partial charge in [0.25, 0.3) is 0 Å². The van der Waals surface area contributed by atoms with Gasteiger partial charge in [-0.1, -0.05) is 55.4 Å². The van der Waals surface area contributed by atoms with E-state index in [1.807, 2.05) is 87.9 Å². The number of phenolic OH excluding ortho intramolecular Hbond substituents is 1. The number of anilines is 4. The second kappa shape index (κ2) is 21.4. The number of pyridine rings is 1. The van der Waals surface area contributed by atoms with Crippen LogP contribution in [0, 0.1) is 12.8 Å². The molecule has 1 saturated carbocycles. The lowest BCUT2D eigenvalue weighted by Crippen LogP contribution is -2.57. The van der Waals surface area contributed by atoms with Gasteiger partial charge in [-0.25, -0.2) is 9.97 Å². The number of ether oxygens (including phenoxy) is 2. The number of aromatic nitrogens is 5. The number of fused-ring (bicyclic) bond motifs is 4. The zero-order valence-corrected chi connectivity index (χ0v) is 43.8. The van der Waals surface area contributed by atoms with Gasteiger partial charge in [0.2, 0.25) is 17.7 Å². The van der Waals surface area contributed by atoms with Crippen molar-refractivity contribution in [1.29, 1.82) is 0 Å². The van der Waals surface area contributed by atoms with Crippen molar-refractivity contribution in [2.45, 2.75) is 134 Å². The molecule has 0 radical (unpaired) electrons. The number of amides is 2. The van der Waals surface area contributed by atoms with Crippen LogP contribution in [0.2, 0.25) is 0 Å². The topological polar surface area (TPSA) is 222 Å². The van der Waals surface area contributed by atoms with Crippen molar-refractivity contribution >= 4 is 46.2 Å². The number of aromatic hydroxyl groups is 1. The first-order valence-corrected chi connectivity index (χ1v) is 27.4. The van der Waals surface area contributed by atoms with Crippen LogP contribution >= 0.6 is 11.3 Å². The number of aliphatic hydroxyl groups is 1. The fourth-order valence-electron chi connectivity index (χ4n) is 11.8. The maximum Gasteiger partial charge on any atom is 0.243 e. The Morgan fingerprint density at radius 2 is 1.63 bits per heavy atom. The average Bonchev–Trinajstić information content (AvgIpc) is 4.09. The molecule has 5 aliphatic heterocycles. The lowest BCUT2D eigenvalue weighted by atomic mass is 9.91. The summed E-state index contributed by atoms with van der Waals surface area (Å²) in [6, 6.07) is 22.6. The minimum atomic E-state index is -0.817. The van der Waals surface area contributed by atoms with E-state index >= 15 is 0 Å². The molecule has 4 aromatic heterocycles. The number of aliphatic hydroxyl groups excluding tert-OH is 1. The normalized spacial score (nSPS) is 23.8. The third kappa shape index (κ3) is 10.6. The minimum absolute atomic E-state index is 0.0270. The fourth-order valence-corrected chi connectivity index (χ4v) is 12.6. The van der Waals surface area contributed by atoms with Gasteiger partial charge in [-0.2, -0.15) is 0 Å². The number of phenols is 1. The Morgan fingerprint density at radius 3 is 2.37 bits per heavy atom. The SMILES string of the molecule is Cc1ncsc1-c1ccc([C@H](C)NC(=O)[C@@H]2C[C@@H](O)CN2C(=O)[C@@H](c2cc(N3CCC(O[C@H]4C[C@H](Oc5cc(N6CC7CCCC6CN7c6cc(-c7ccccc7O)nnc6N)ccn5)C4)CC3)no2)C(C)C)cc1. The van der Waals surface area contributed by atoms with Gasteiger partial charge in [0.1, 0.15) is 23.8 Å².